The highest BCUT2D eigenvalue weighted by Gasteiger charge is 2.35. The summed E-state index contributed by atoms with van der Waals surface area (Å²) in [6, 6.07) is 20.3. The second kappa shape index (κ2) is 10.5. The SMILES string of the molecule is Cc1cc(C)c2nc(N(Cc3ccccc3)C(=O)C3CCN(S(=O)(=O)c4ccc(Cl)cc4)CC3)sc2c1. The van der Waals surface area contributed by atoms with Crippen LogP contribution in [0.15, 0.2) is 71.6 Å². The van der Waals surface area contributed by atoms with Gasteiger partial charge in [0.25, 0.3) is 0 Å². The van der Waals surface area contributed by atoms with Crippen molar-refractivity contribution >= 4 is 54.2 Å². The molecule has 0 N–H and O–H groups in total. The number of carbonyl (C=O) groups excluding carboxylic acids is 1. The Balaban J connectivity index is 1.39. The van der Waals surface area contributed by atoms with Crippen molar-refractivity contribution in [1.29, 1.82) is 0 Å². The fourth-order valence-electron chi connectivity index (χ4n) is 4.80. The van der Waals surface area contributed by atoms with E-state index in [2.05, 4.69) is 19.1 Å². The molecular formula is C28H28ClN3O3S2. The minimum atomic E-state index is -3.64. The third kappa shape index (κ3) is 5.43. The molecular weight excluding hydrogens is 526 g/mol. The molecule has 0 atom stereocenters. The summed E-state index contributed by atoms with van der Waals surface area (Å²) in [7, 11) is -3.64. The molecule has 9 heteroatoms. The number of aryl methyl sites for hydroxylation is 2. The van der Waals surface area contributed by atoms with Crippen molar-refractivity contribution in [2.24, 2.45) is 5.92 Å². The van der Waals surface area contributed by atoms with Crippen molar-refractivity contribution in [1.82, 2.24) is 9.29 Å². The normalized spacial score (nSPS) is 15.2. The Morgan fingerprint density at radius 1 is 1.05 bits per heavy atom. The van der Waals surface area contributed by atoms with E-state index < -0.39 is 10.0 Å². The van der Waals surface area contributed by atoms with E-state index in [-0.39, 0.29) is 16.7 Å². The molecule has 0 saturated carbocycles. The lowest BCUT2D eigenvalue weighted by Crippen LogP contribution is -2.44. The van der Waals surface area contributed by atoms with Gasteiger partial charge < -0.3 is 0 Å². The predicted octanol–water partition coefficient (Wildman–Crippen LogP) is 6.20. The monoisotopic (exact) mass is 553 g/mol. The molecule has 1 aliphatic heterocycles. The fourth-order valence-corrected chi connectivity index (χ4v) is 7.54. The first-order valence-corrected chi connectivity index (χ1v) is 14.8. The number of rotatable bonds is 6. The number of carbonyl (C=O) groups is 1. The van der Waals surface area contributed by atoms with Crippen LogP contribution in [0.4, 0.5) is 5.13 Å². The summed E-state index contributed by atoms with van der Waals surface area (Å²) >= 11 is 7.45. The summed E-state index contributed by atoms with van der Waals surface area (Å²) in [5, 5.41) is 1.16. The van der Waals surface area contributed by atoms with Gasteiger partial charge in [-0.05, 0) is 73.7 Å². The zero-order chi connectivity index (χ0) is 26.2. The zero-order valence-electron chi connectivity index (χ0n) is 20.7. The molecule has 4 aromatic rings. The van der Waals surface area contributed by atoms with Gasteiger partial charge in [0.2, 0.25) is 15.9 Å². The van der Waals surface area contributed by atoms with Crippen LogP contribution in [0.5, 0.6) is 0 Å². The highest BCUT2D eigenvalue weighted by molar-refractivity contribution is 7.89. The van der Waals surface area contributed by atoms with Crippen LogP contribution in [0.25, 0.3) is 10.2 Å². The first-order valence-electron chi connectivity index (χ1n) is 12.2. The van der Waals surface area contributed by atoms with E-state index in [1.54, 1.807) is 17.0 Å². The standard InChI is InChI=1S/C28H28ClN3O3S2/c1-19-16-20(2)26-25(17-19)36-28(30-26)32(18-21-6-4-3-5-7-21)27(33)22-12-14-31(15-13-22)37(34,35)24-10-8-23(29)9-11-24/h3-11,16-17,22H,12-15,18H2,1-2H3. The van der Waals surface area contributed by atoms with Crippen LogP contribution in [-0.4, -0.2) is 36.7 Å². The Morgan fingerprint density at radius 3 is 2.41 bits per heavy atom. The number of aromatic nitrogens is 1. The van der Waals surface area contributed by atoms with Crippen LogP contribution >= 0.6 is 22.9 Å². The summed E-state index contributed by atoms with van der Waals surface area (Å²) in [6.07, 6.45) is 0.917. The zero-order valence-corrected chi connectivity index (χ0v) is 23.1. The average molecular weight is 554 g/mol. The highest BCUT2D eigenvalue weighted by atomic mass is 35.5. The van der Waals surface area contributed by atoms with Crippen LogP contribution in [0.1, 0.15) is 29.5 Å². The molecule has 2 heterocycles. The number of nitrogens with zero attached hydrogens (tertiary/aromatic N) is 3. The van der Waals surface area contributed by atoms with E-state index in [4.69, 9.17) is 16.6 Å². The minimum absolute atomic E-state index is 0.0131. The molecule has 3 aromatic carbocycles. The molecule has 0 bridgehead atoms. The van der Waals surface area contributed by atoms with E-state index in [1.165, 1.54) is 27.8 Å². The summed E-state index contributed by atoms with van der Waals surface area (Å²) in [4.78, 5) is 20.8. The number of fused-ring (bicyclic) bond motifs is 1. The van der Waals surface area contributed by atoms with Gasteiger partial charge in [-0.25, -0.2) is 13.4 Å². The van der Waals surface area contributed by atoms with Gasteiger partial charge in [0.05, 0.1) is 21.7 Å². The van der Waals surface area contributed by atoms with Crippen LogP contribution in [-0.2, 0) is 21.4 Å². The molecule has 1 aliphatic rings. The third-order valence-corrected chi connectivity index (χ3v) is 9.94. The van der Waals surface area contributed by atoms with E-state index in [0.29, 0.717) is 42.6 Å². The topological polar surface area (TPSA) is 70.6 Å². The molecule has 0 aliphatic carbocycles. The maximum absolute atomic E-state index is 13.9. The molecule has 5 rings (SSSR count). The van der Waals surface area contributed by atoms with Gasteiger partial charge in [0.1, 0.15) is 0 Å². The largest absolute Gasteiger partial charge is 0.283 e. The van der Waals surface area contributed by atoms with Crippen LogP contribution in [0, 0.1) is 19.8 Å². The molecule has 1 saturated heterocycles. The highest BCUT2D eigenvalue weighted by Crippen LogP contribution is 2.35. The molecule has 0 spiro atoms. The predicted molar refractivity (Wildman–Crippen MR) is 150 cm³/mol. The number of amides is 1. The van der Waals surface area contributed by atoms with Crippen molar-refractivity contribution < 1.29 is 13.2 Å². The van der Waals surface area contributed by atoms with E-state index in [9.17, 15) is 13.2 Å². The van der Waals surface area contributed by atoms with Gasteiger partial charge in [-0.3, -0.25) is 9.69 Å². The van der Waals surface area contributed by atoms with Gasteiger partial charge in [-0.2, -0.15) is 4.31 Å². The Kier molecular flexibility index (Phi) is 7.36. The lowest BCUT2D eigenvalue weighted by molar-refractivity contribution is -0.123. The number of hydrogen-bond donors (Lipinski definition) is 0. The Hall–Kier alpha value is -2.78. The van der Waals surface area contributed by atoms with Crippen LogP contribution < -0.4 is 4.90 Å². The molecule has 0 radical (unpaired) electrons. The summed E-state index contributed by atoms with van der Waals surface area (Å²) in [5.41, 5.74) is 4.19. The average Bonchev–Trinajstić information content (AvgIpc) is 3.32. The van der Waals surface area contributed by atoms with Gasteiger partial charge in [-0.15, -0.1) is 0 Å². The Morgan fingerprint density at radius 2 is 1.73 bits per heavy atom. The quantitative estimate of drug-likeness (QED) is 0.285. The lowest BCUT2D eigenvalue weighted by Gasteiger charge is -2.33. The smallest absolute Gasteiger partial charge is 0.243 e. The van der Waals surface area contributed by atoms with E-state index in [0.717, 1.165) is 26.9 Å². The molecule has 6 nitrogen and oxygen atoms in total. The number of piperidine rings is 1. The second-order valence-electron chi connectivity index (χ2n) is 9.47. The van der Waals surface area contributed by atoms with Gasteiger partial charge >= 0.3 is 0 Å². The van der Waals surface area contributed by atoms with Gasteiger partial charge in [0.15, 0.2) is 5.13 Å². The number of anilines is 1. The maximum atomic E-state index is 13.9. The van der Waals surface area contributed by atoms with Crippen molar-refractivity contribution in [2.45, 2.75) is 38.1 Å². The lowest BCUT2D eigenvalue weighted by atomic mass is 9.96. The first-order chi connectivity index (χ1) is 17.7. The molecule has 37 heavy (non-hydrogen) atoms. The Labute approximate surface area is 226 Å². The summed E-state index contributed by atoms with van der Waals surface area (Å²) in [6.45, 7) is 5.10. The molecule has 1 aromatic heterocycles. The molecule has 1 fully saturated rings. The molecule has 1 amide bonds. The minimum Gasteiger partial charge on any atom is -0.283 e. The van der Waals surface area contributed by atoms with Gasteiger partial charge in [0, 0.05) is 24.0 Å². The van der Waals surface area contributed by atoms with Crippen LogP contribution in [0.3, 0.4) is 0 Å². The van der Waals surface area contributed by atoms with E-state index in [1.807, 2.05) is 37.3 Å². The molecule has 0 unspecified atom stereocenters. The fraction of sp³-hybridized carbons (Fsp3) is 0.286. The number of thiazole rings is 1. The first kappa shape index (κ1) is 25.9. The number of halogens is 1. The van der Waals surface area contributed by atoms with Crippen molar-refractivity contribution in [2.75, 3.05) is 18.0 Å². The number of benzene rings is 3. The maximum Gasteiger partial charge on any atom is 0.243 e. The molecule has 192 valence electrons. The number of hydrogen-bond acceptors (Lipinski definition) is 5. The second-order valence-corrected chi connectivity index (χ2v) is 12.9. The number of sulfonamides is 1. The van der Waals surface area contributed by atoms with Crippen molar-refractivity contribution in [3.8, 4) is 0 Å². The van der Waals surface area contributed by atoms with E-state index >= 15 is 0 Å². The van der Waals surface area contributed by atoms with Crippen molar-refractivity contribution in [3.05, 3.63) is 88.4 Å². The third-order valence-electron chi connectivity index (χ3n) is 6.75. The van der Waals surface area contributed by atoms with Gasteiger partial charge in [-0.1, -0.05) is 59.3 Å². The summed E-state index contributed by atoms with van der Waals surface area (Å²) in [5.74, 6) is -0.295. The van der Waals surface area contributed by atoms with Crippen molar-refractivity contribution in [3.63, 3.8) is 0 Å². The summed E-state index contributed by atoms with van der Waals surface area (Å²) < 4.78 is 28.7. The van der Waals surface area contributed by atoms with Crippen LogP contribution in [0.2, 0.25) is 5.02 Å². The Bertz CT molecular complexity index is 1530.